The van der Waals surface area contributed by atoms with Crippen LogP contribution in [0.5, 0.6) is 0 Å². The second kappa shape index (κ2) is 5.89. The summed E-state index contributed by atoms with van der Waals surface area (Å²) in [6.45, 7) is 6.46. The molecule has 0 spiro atoms. The lowest BCUT2D eigenvalue weighted by Crippen LogP contribution is -2.19. The van der Waals surface area contributed by atoms with Crippen LogP contribution in [-0.4, -0.2) is 7.05 Å². The van der Waals surface area contributed by atoms with E-state index < -0.39 is 0 Å². The van der Waals surface area contributed by atoms with Crippen LogP contribution in [0.15, 0.2) is 40.9 Å². The molecule has 0 fully saturated rings. The summed E-state index contributed by atoms with van der Waals surface area (Å²) in [6, 6.07) is 13.4. The van der Waals surface area contributed by atoms with Gasteiger partial charge in [-0.3, -0.25) is 0 Å². The fourth-order valence-corrected chi connectivity index (χ4v) is 2.98. The Labute approximate surface area is 124 Å². The van der Waals surface area contributed by atoms with E-state index in [0.717, 1.165) is 4.47 Å². The number of halogens is 1. The average molecular weight is 318 g/mol. The Morgan fingerprint density at radius 3 is 2.16 bits per heavy atom. The molecule has 0 radical (unpaired) electrons. The highest BCUT2D eigenvalue weighted by molar-refractivity contribution is 9.10. The Morgan fingerprint density at radius 1 is 0.947 bits per heavy atom. The maximum atomic E-state index is 3.57. The Kier molecular flexibility index (Phi) is 4.43. The van der Waals surface area contributed by atoms with Crippen LogP contribution in [0.25, 0.3) is 0 Å². The zero-order valence-electron chi connectivity index (χ0n) is 11.9. The highest BCUT2D eigenvalue weighted by Gasteiger charge is 2.15. The summed E-state index contributed by atoms with van der Waals surface area (Å²) in [5.41, 5.74) is 6.57. The van der Waals surface area contributed by atoms with Crippen LogP contribution in [0.2, 0.25) is 0 Å². The maximum Gasteiger partial charge on any atom is 0.0577 e. The molecule has 0 aliphatic rings. The van der Waals surface area contributed by atoms with E-state index in [9.17, 15) is 0 Å². The van der Waals surface area contributed by atoms with Crippen LogP contribution < -0.4 is 5.32 Å². The molecule has 2 rings (SSSR count). The molecule has 0 aromatic heterocycles. The van der Waals surface area contributed by atoms with Gasteiger partial charge in [0.1, 0.15) is 0 Å². The minimum absolute atomic E-state index is 0.232. The third-order valence-electron chi connectivity index (χ3n) is 3.42. The molecule has 100 valence electrons. The monoisotopic (exact) mass is 317 g/mol. The Bertz CT molecular complexity index is 570. The van der Waals surface area contributed by atoms with Gasteiger partial charge in [-0.2, -0.15) is 0 Å². The summed E-state index contributed by atoms with van der Waals surface area (Å²) in [7, 11) is 2.02. The topological polar surface area (TPSA) is 12.0 Å². The van der Waals surface area contributed by atoms with Crippen molar-refractivity contribution in [3.05, 3.63) is 68.7 Å². The van der Waals surface area contributed by atoms with Gasteiger partial charge in [0.15, 0.2) is 0 Å². The molecule has 0 amide bonds. The van der Waals surface area contributed by atoms with Crippen molar-refractivity contribution in [2.45, 2.75) is 26.8 Å². The van der Waals surface area contributed by atoms with Crippen molar-refractivity contribution >= 4 is 15.9 Å². The summed E-state index contributed by atoms with van der Waals surface area (Å²) >= 11 is 3.57. The highest BCUT2D eigenvalue weighted by atomic mass is 79.9. The molecule has 2 heteroatoms. The summed E-state index contributed by atoms with van der Waals surface area (Å²) in [5.74, 6) is 0. The predicted octanol–water partition coefficient (Wildman–Crippen LogP) is 4.68. The number of benzene rings is 2. The summed E-state index contributed by atoms with van der Waals surface area (Å²) in [6.07, 6.45) is 0. The quantitative estimate of drug-likeness (QED) is 0.866. The van der Waals surface area contributed by atoms with Crippen LogP contribution in [-0.2, 0) is 0 Å². The van der Waals surface area contributed by atoms with Crippen LogP contribution >= 0.6 is 15.9 Å². The molecule has 1 nitrogen and oxygen atoms in total. The zero-order valence-corrected chi connectivity index (χ0v) is 13.5. The van der Waals surface area contributed by atoms with E-state index in [1.807, 2.05) is 7.05 Å². The molecule has 0 aliphatic carbocycles. The molecule has 1 unspecified atom stereocenters. The summed E-state index contributed by atoms with van der Waals surface area (Å²) in [5, 5.41) is 3.44. The lowest BCUT2D eigenvalue weighted by atomic mass is 9.93. The van der Waals surface area contributed by atoms with Gasteiger partial charge in [-0.15, -0.1) is 0 Å². The molecule has 0 bridgehead atoms. The number of aryl methyl sites for hydroxylation is 3. The molecule has 1 N–H and O–H groups in total. The van der Waals surface area contributed by atoms with Crippen molar-refractivity contribution in [1.29, 1.82) is 0 Å². The summed E-state index contributed by atoms with van der Waals surface area (Å²) in [4.78, 5) is 0. The normalized spacial score (nSPS) is 12.5. The molecule has 19 heavy (non-hydrogen) atoms. The molecule has 2 aromatic carbocycles. The van der Waals surface area contributed by atoms with Gasteiger partial charge in [0.2, 0.25) is 0 Å². The molecule has 0 aliphatic heterocycles. The number of nitrogens with one attached hydrogen (secondary N) is 1. The minimum Gasteiger partial charge on any atom is -0.309 e. The standard InChI is InChI=1S/C17H20BrN/c1-11-7-12(2)9-14(8-11)17(19-4)16-10-15(18)6-5-13(16)3/h5-10,17,19H,1-4H3. The Morgan fingerprint density at radius 2 is 1.58 bits per heavy atom. The second-order valence-electron chi connectivity index (χ2n) is 5.14. The van der Waals surface area contributed by atoms with Crippen molar-refractivity contribution in [3.8, 4) is 0 Å². The molecule has 0 heterocycles. The lowest BCUT2D eigenvalue weighted by molar-refractivity contribution is 0.686. The van der Waals surface area contributed by atoms with Gasteiger partial charge in [-0.1, -0.05) is 51.3 Å². The Hall–Kier alpha value is -1.12. The van der Waals surface area contributed by atoms with E-state index in [1.165, 1.54) is 27.8 Å². The number of rotatable bonds is 3. The van der Waals surface area contributed by atoms with Crippen LogP contribution in [0, 0.1) is 20.8 Å². The SMILES string of the molecule is CNC(c1cc(C)cc(C)c1)c1cc(Br)ccc1C. The summed E-state index contributed by atoms with van der Waals surface area (Å²) < 4.78 is 1.12. The van der Waals surface area contributed by atoms with Crippen molar-refractivity contribution in [2.75, 3.05) is 7.05 Å². The molecular weight excluding hydrogens is 298 g/mol. The smallest absolute Gasteiger partial charge is 0.0577 e. The average Bonchev–Trinajstić information content (AvgIpc) is 2.33. The predicted molar refractivity (Wildman–Crippen MR) is 85.7 cm³/mol. The second-order valence-corrected chi connectivity index (χ2v) is 6.06. The molecular formula is C17H20BrN. The number of hydrogen-bond donors (Lipinski definition) is 1. The largest absolute Gasteiger partial charge is 0.309 e. The first-order valence-corrected chi connectivity index (χ1v) is 7.32. The molecule has 1 atom stereocenters. The maximum absolute atomic E-state index is 3.57. The number of hydrogen-bond acceptors (Lipinski definition) is 1. The van der Waals surface area contributed by atoms with E-state index in [4.69, 9.17) is 0 Å². The van der Waals surface area contributed by atoms with Crippen LogP contribution in [0.4, 0.5) is 0 Å². The van der Waals surface area contributed by atoms with Gasteiger partial charge >= 0.3 is 0 Å². The van der Waals surface area contributed by atoms with Gasteiger partial charge in [0.25, 0.3) is 0 Å². The van der Waals surface area contributed by atoms with Crippen molar-refractivity contribution in [1.82, 2.24) is 5.32 Å². The van der Waals surface area contributed by atoms with Crippen molar-refractivity contribution < 1.29 is 0 Å². The van der Waals surface area contributed by atoms with E-state index in [1.54, 1.807) is 0 Å². The highest BCUT2D eigenvalue weighted by Crippen LogP contribution is 2.28. The van der Waals surface area contributed by atoms with Gasteiger partial charge in [0, 0.05) is 4.47 Å². The Balaban J connectivity index is 2.52. The van der Waals surface area contributed by atoms with Crippen molar-refractivity contribution in [3.63, 3.8) is 0 Å². The van der Waals surface area contributed by atoms with E-state index >= 15 is 0 Å². The van der Waals surface area contributed by atoms with E-state index in [2.05, 4.69) is 78.4 Å². The first-order chi connectivity index (χ1) is 9.01. The first-order valence-electron chi connectivity index (χ1n) is 6.53. The van der Waals surface area contributed by atoms with Crippen LogP contribution in [0.1, 0.15) is 33.9 Å². The fourth-order valence-electron chi connectivity index (χ4n) is 2.60. The van der Waals surface area contributed by atoms with Gasteiger partial charge < -0.3 is 5.32 Å². The van der Waals surface area contributed by atoms with Gasteiger partial charge in [-0.05, 0) is 56.6 Å². The van der Waals surface area contributed by atoms with Gasteiger partial charge in [0.05, 0.1) is 6.04 Å². The van der Waals surface area contributed by atoms with Crippen LogP contribution in [0.3, 0.4) is 0 Å². The third kappa shape index (κ3) is 3.26. The van der Waals surface area contributed by atoms with Gasteiger partial charge in [-0.25, -0.2) is 0 Å². The lowest BCUT2D eigenvalue weighted by Gasteiger charge is -2.21. The fraction of sp³-hybridized carbons (Fsp3) is 0.294. The van der Waals surface area contributed by atoms with E-state index in [-0.39, 0.29) is 6.04 Å². The third-order valence-corrected chi connectivity index (χ3v) is 3.91. The minimum atomic E-state index is 0.232. The van der Waals surface area contributed by atoms with Crippen molar-refractivity contribution in [2.24, 2.45) is 0 Å². The molecule has 2 aromatic rings. The molecule has 0 saturated heterocycles. The van der Waals surface area contributed by atoms with E-state index in [0.29, 0.717) is 0 Å². The zero-order chi connectivity index (χ0) is 14.0. The molecule has 0 saturated carbocycles. The first kappa shape index (κ1) is 14.3.